The van der Waals surface area contributed by atoms with Crippen LogP contribution in [0.25, 0.3) is 0 Å². The van der Waals surface area contributed by atoms with Crippen molar-refractivity contribution in [3.63, 3.8) is 0 Å². The van der Waals surface area contributed by atoms with Gasteiger partial charge in [0.25, 0.3) is 0 Å². The summed E-state index contributed by atoms with van der Waals surface area (Å²) in [5.41, 5.74) is 0. The van der Waals surface area contributed by atoms with Crippen molar-refractivity contribution in [1.29, 1.82) is 0 Å². The van der Waals surface area contributed by atoms with Crippen LogP contribution in [0.2, 0.25) is 0 Å². The van der Waals surface area contributed by atoms with Crippen LogP contribution in [0.15, 0.2) is 0 Å². The molecule has 0 aromatic heterocycles. The lowest BCUT2D eigenvalue weighted by Crippen LogP contribution is -2.17. The standard InChI is InChI=1S/C9H16O3/c1-2-7-3-6(5-10)4-8(7)9(11)12/h6-8,10H,2-5H2,1H3,(H,11,12). The highest BCUT2D eigenvalue weighted by Gasteiger charge is 2.36. The van der Waals surface area contributed by atoms with Crippen LogP contribution in [0.3, 0.4) is 0 Å². The number of hydrogen-bond donors (Lipinski definition) is 2. The Morgan fingerprint density at radius 1 is 1.50 bits per heavy atom. The third-order valence-corrected chi connectivity index (χ3v) is 2.89. The van der Waals surface area contributed by atoms with Crippen molar-refractivity contribution in [3.05, 3.63) is 0 Å². The molecule has 0 saturated heterocycles. The summed E-state index contributed by atoms with van der Waals surface area (Å²) in [6, 6.07) is 0. The van der Waals surface area contributed by atoms with E-state index in [1.54, 1.807) is 0 Å². The lowest BCUT2D eigenvalue weighted by molar-refractivity contribution is -0.143. The third-order valence-electron chi connectivity index (χ3n) is 2.89. The first-order valence-corrected chi connectivity index (χ1v) is 4.52. The molecule has 0 radical (unpaired) electrons. The monoisotopic (exact) mass is 172 g/mol. The molecule has 0 aromatic rings. The molecular formula is C9H16O3. The number of carbonyl (C=O) groups is 1. The minimum atomic E-state index is -0.696. The second kappa shape index (κ2) is 3.90. The van der Waals surface area contributed by atoms with Crippen molar-refractivity contribution in [1.82, 2.24) is 0 Å². The minimum absolute atomic E-state index is 0.139. The summed E-state index contributed by atoms with van der Waals surface area (Å²) in [4.78, 5) is 10.8. The topological polar surface area (TPSA) is 57.5 Å². The average Bonchev–Trinajstić information content (AvgIpc) is 2.47. The average molecular weight is 172 g/mol. The van der Waals surface area contributed by atoms with Gasteiger partial charge in [0.1, 0.15) is 0 Å². The van der Waals surface area contributed by atoms with Crippen LogP contribution in [0.5, 0.6) is 0 Å². The number of carboxylic acid groups (broad SMARTS) is 1. The van der Waals surface area contributed by atoms with Gasteiger partial charge >= 0.3 is 5.97 Å². The van der Waals surface area contributed by atoms with E-state index in [1.807, 2.05) is 6.92 Å². The Labute approximate surface area is 72.4 Å². The molecule has 3 atom stereocenters. The van der Waals surface area contributed by atoms with Gasteiger partial charge in [-0.2, -0.15) is 0 Å². The minimum Gasteiger partial charge on any atom is -0.481 e. The second-order valence-corrected chi connectivity index (χ2v) is 3.63. The van der Waals surface area contributed by atoms with Crippen LogP contribution in [0.4, 0.5) is 0 Å². The van der Waals surface area contributed by atoms with Crippen LogP contribution >= 0.6 is 0 Å². The van der Waals surface area contributed by atoms with Crippen molar-refractivity contribution in [3.8, 4) is 0 Å². The van der Waals surface area contributed by atoms with E-state index in [4.69, 9.17) is 10.2 Å². The first kappa shape index (κ1) is 9.52. The van der Waals surface area contributed by atoms with Gasteiger partial charge in [-0.25, -0.2) is 0 Å². The molecule has 1 saturated carbocycles. The van der Waals surface area contributed by atoms with E-state index in [9.17, 15) is 4.79 Å². The molecule has 3 heteroatoms. The zero-order chi connectivity index (χ0) is 9.14. The summed E-state index contributed by atoms with van der Waals surface area (Å²) in [5.74, 6) is -0.416. The SMILES string of the molecule is CCC1CC(CO)CC1C(=O)O. The van der Waals surface area contributed by atoms with Crippen LogP contribution in [-0.2, 0) is 4.79 Å². The molecule has 0 spiro atoms. The van der Waals surface area contributed by atoms with E-state index in [0.29, 0.717) is 6.42 Å². The largest absolute Gasteiger partial charge is 0.481 e. The molecule has 12 heavy (non-hydrogen) atoms. The predicted molar refractivity (Wildman–Crippen MR) is 44.7 cm³/mol. The highest BCUT2D eigenvalue weighted by molar-refractivity contribution is 5.70. The summed E-state index contributed by atoms with van der Waals surface area (Å²) in [6.45, 7) is 2.15. The zero-order valence-electron chi connectivity index (χ0n) is 7.36. The van der Waals surface area contributed by atoms with E-state index in [-0.39, 0.29) is 24.4 Å². The van der Waals surface area contributed by atoms with Crippen LogP contribution in [0, 0.1) is 17.8 Å². The third kappa shape index (κ3) is 1.78. The first-order chi connectivity index (χ1) is 5.69. The van der Waals surface area contributed by atoms with Gasteiger partial charge in [0.2, 0.25) is 0 Å². The molecule has 0 aliphatic heterocycles. The summed E-state index contributed by atoms with van der Waals surface area (Å²) >= 11 is 0. The highest BCUT2D eigenvalue weighted by atomic mass is 16.4. The fourth-order valence-corrected chi connectivity index (χ4v) is 2.14. The number of aliphatic hydroxyl groups excluding tert-OH is 1. The van der Waals surface area contributed by atoms with Crippen LogP contribution in [-0.4, -0.2) is 22.8 Å². The van der Waals surface area contributed by atoms with E-state index >= 15 is 0 Å². The normalized spacial score (nSPS) is 35.3. The summed E-state index contributed by atoms with van der Waals surface area (Å²) in [6.07, 6.45) is 2.45. The van der Waals surface area contributed by atoms with E-state index < -0.39 is 5.97 Å². The molecule has 0 amide bonds. The van der Waals surface area contributed by atoms with Gasteiger partial charge < -0.3 is 10.2 Å². The first-order valence-electron chi connectivity index (χ1n) is 4.52. The van der Waals surface area contributed by atoms with Crippen molar-refractivity contribution in [2.45, 2.75) is 26.2 Å². The van der Waals surface area contributed by atoms with Crippen molar-refractivity contribution in [2.75, 3.05) is 6.61 Å². The van der Waals surface area contributed by atoms with Gasteiger partial charge in [-0.05, 0) is 24.7 Å². The Bertz CT molecular complexity index is 167. The quantitative estimate of drug-likeness (QED) is 0.670. The van der Waals surface area contributed by atoms with Gasteiger partial charge in [0.15, 0.2) is 0 Å². The Hall–Kier alpha value is -0.570. The zero-order valence-corrected chi connectivity index (χ0v) is 7.36. The molecule has 0 bridgehead atoms. The molecule has 1 aliphatic rings. The lowest BCUT2D eigenvalue weighted by Gasteiger charge is -2.11. The van der Waals surface area contributed by atoms with Crippen LogP contribution < -0.4 is 0 Å². The molecule has 1 rings (SSSR count). The number of hydrogen-bond acceptors (Lipinski definition) is 2. The molecule has 70 valence electrons. The molecule has 3 nitrogen and oxygen atoms in total. The molecule has 3 unspecified atom stereocenters. The van der Waals surface area contributed by atoms with Crippen LogP contribution in [0.1, 0.15) is 26.2 Å². The number of aliphatic carboxylic acids is 1. The number of carboxylic acids is 1. The lowest BCUT2D eigenvalue weighted by atomic mass is 9.94. The second-order valence-electron chi connectivity index (χ2n) is 3.63. The smallest absolute Gasteiger partial charge is 0.306 e. The molecule has 1 fully saturated rings. The van der Waals surface area contributed by atoms with Crippen molar-refractivity contribution < 1.29 is 15.0 Å². The molecular weight excluding hydrogens is 156 g/mol. The fourth-order valence-electron chi connectivity index (χ4n) is 2.14. The van der Waals surface area contributed by atoms with Crippen molar-refractivity contribution in [2.24, 2.45) is 17.8 Å². The predicted octanol–water partition coefficient (Wildman–Crippen LogP) is 1.12. The number of aliphatic hydroxyl groups is 1. The van der Waals surface area contributed by atoms with Gasteiger partial charge in [0, 0.05) is 6.61 Å². The molecule has 0 aromatic carbocycles. The maximum absolute atomic E-state index is 10.8. The summed E-state index contributed by atoms with van der Waals surface area (Å²) in [5, 5.41) is 17.7. The molecule has 0 heterocycles. The Morgan fingerprint density at radius 2 is 2.17 bits per heavy atom. The van der Waals surface area contributed by atoms with Crippen molar-refractivity contribution >= 4 is 5.97 Å². The van der Waals surface area contributed by atoms with E-state index in [1.165, 1.54) is 0 Å². The molecule has 2 N–H and O–H groups in total. The highest BCUT2D eigenvalue weighted by Crippen LogP contribution is 2.38. The maximum atomic E-state index is 10.8. The fraction of sp³-hybridized carbons (Fsp3) is 0.889. The van der Waals surface area contributed by atoms with Gasteiger partial charge in [-0.15, -0.1) is 0 Å². The van der Waals surface area contributed by atoms with E-state index in [2.05, 4.69) is 0 Å². The van der Waals surface area contributed by atoms with Gasteiger partial charge in [-0.3, -0.25) is 4.79 Å². The Morgan fingerprint density at radius 3 is 2.50 bits per heavy atom. The number of rotatable bonds is 3. The van der Waals surface area contributed by atoms with Gasteiger partial charge in [-0.1, -0.05) is 13.3 Å². The summed E-state index contributed by atoms with van der Waals surface area (Å²) in [7, 11) is 0. The molecule has 1 aliphatic carbocycles. The Kier molecular flexibility index (Phi) is 3.09. The summed E-state index contributed by atoms with van der Waals surface area (Å²) < 4.78 is 0. The van der Waals surface area contributed by atoms with Gasteiger partial charge in [0.05, 0.1) is 5.92 Å². The Balaban J connectivity index is 2.56. The van der Waals surface area contributed by atoms with E-state index in [0.717, 1.165) is 12.8 Å². The maximum Gasteiger partial charge on any atom is 0.306 e.